The third kappa shape index (κ3) is 6.05. The van der Waals surface area contributed by atoms with Gasteiger partial charge in [0.1, 0.15) is 5.70 Å². The van der Waals surface area contributed by atoms with Crippen LogP contribution in [0.5, 0.6) is 0 Å². The van der Waals surface area contributed by atoms with Gasteiger partial charge in [-0.15, -0.1) is 0 Å². The summed E-state index contributed by atoms with van der Waals surface area (Å²) in [6.07, 6.45) is 1.43. The Bertz CT molecular complexity index is 902. The summed E-state index contributed by atoms with van der Waals surface area (Å²) in [5.74, 6) is -0.659. The van der Waals surface area contributed by atoms with Gasteiger partial charge < -0.3 is 10.6 Å². The normalized spacial score (nSPS) is 11.2. The summed E-state index contributed by atoms with van der Waals surface area (Å²) >= 11 is 0. The molecule has 0 saturated heterocycles. The lowest BCUT2D eigenvalue weighted by molar-refractivity contribution is -0.384. The Balaban J connectivity index is 2.31. The molecule has 0 aliphatic carbocycles. The molecule has 0 aliphatic heterocycles. The van der Waals surface area contributed by atoms with Crippen LogP contribution in [0.2, 0.25) is 0 Å². The van der Waals surface area contributed by atoms with Crippen molar-refractivity contribution in [3.05, 3.63) is 81.0 Å². The molecule has 0 atom stereocenters. The zero-order valence-electron chi connectivity index (χ0n) is 16.1. The van der Waals surface area contributed by atoms with Crippen molar-refractivity contribution in [2.45, 2.75) is 20.8 Å². The minimum Gasteiger partial charge on any atom is -0.351 e. The first-order valence-corrected chi connectivity index (χ1v) is 8.88. The quantitative estimate of drug-likeness (QED) is 0.436. The maximum Gasteiger partial charge on any atom is 0.270 e. The second-order valence-electron chi connectivity index (χ2n) is 6.83. The SMILES string of the molecule is Cc1ccc(C(=O)NC(=Cc2cccc([N+](=O)[O-])c2)C(=O)NCC(C)C)cc1. The summed E-state index contributed by atoms with van der Waals surface area (Å²) in [5, 5.41) is 16.3. The number of nitrogens with zero attached hydrogens (tertiary/aromatic N) is 1. The van der Waals surface area contributed by atoms with Crippen LogP contribution in [0.1, 0.15) is 35.3 Å². The molecular weight excluding hydrogens is 358 g/mol. The predicted molar refractivity (Wildman–Crippen MR) is 108 cm³/mol. The summed E-state index contributed by atoms with van der Waals surface area (Å²) in [5.41, 5.74) is 1.78. The van der Waals surface area contributed by atoms with Crippen molar-refractivity contribution in [3.8, 4) is 0 Å². The van der Waals surface area contributed by atoms with E-state index in [1.807, 2.05) is 20.8 Å². The van der Waals surface area contributed by atoms with Crippen molar-refractivity contribution in [2.24, 2.45) is 5.92 Å². The molecule has 0 spiro atoms. The number of carbonyl (C=O) groups excluding carboxylic acids is 2. The van der Waals surface area contributed by atoms with Crippen LogP contribution in [0.4, 0.5) is 5.69 Å². The molecule has 2 rings (SSSR count). The number of amides is 2. The fourth-order valence-electron chi connectivity index (χ4n) is 2.34. The summed E-state index contributed by atoms with van der Waals surface area (Å²) in [6.45, 7) is 6.25. The van der Waals surface area contributed by atoms with Gasteiger partial charge in [-0.3, -0.25) is 19.7 Å². The molecule has 2 aromatic carbocycles. The Hall–Kier alpha value is -3.48. The molecule has 0 saturated carbocycles. The molecule has 2 amide bonds. The molecule has 0 fully saturated rings. The largest absolute Gasteiger partial charge is 0.351 e. The Morgan fingerprint density at radius 1 is 1.14 bits per heavy atom. The molecule has 7 nitrogen and oxygen atoms in total. The van der Waals surface area contributed by atoms with Gasteiger partial charge in [-0.25, -0.2) is 0 Å². The Kier molecular flexibility index (Phi) is 7.03. The van der Waals surface area contributed by atoms with E-state index < -0.39 is 16.7 Å². The van der Waals surface area contributed by atoms with Crippen molar-refractivity contribution >= 4 is 23.6 Å². The van der Waals surface area contributed by atoms with E-state index in [1.54, 1.807) is 30.3 Å². The maximum atomic E-state index is 12.6. The van der Waals surface area contributed by atoms with Crippen LogP contribution in [0.25, 0.3) is 6.08 Å². The molecule has 146 valence electrons. The number of nitro benzene ring substituents is 1. The van der Waals surface area contributed by atoms with Gasteiger partial charge in [-0.2, -0.15) is 0 Å². The first-order chi connectivity index (χ1) is 13.3. The van der Waals surface area contributed by atoms with Crippen LogP contribution < -0.4 is 10.6 Å². The molecule has 0 aliphatic rings. The number of nitro groups is 1. The van der Waals surface area contributed by atoms with Crippen molar-refractivity contribution in [2.75, 3.05) is 6.54 Å². The Morgan fingerprint density at radius 2 is 1.82 bits per heavy atom. The summed E-state index contributed by atoms with van der Waals surface area (Å²) in [6, 6.07) is 12.8. The first kappa shape index (κ1) is 20.8. The number of rotatable bonds is 7. The van der Waals surface area contributed by atoms with Gasteiger partial charge in [0.2, 0.25) is 0 Å². The number of nitrogens with one attached hydrogen (secondary N) is 2. The second-order valence-corrected chi connectivity index (χ2v) is 6.83. The van der Waals surface area contributed by atoms with E-state index in [2.05, 4.69) is 10.6 Å². The molecule has 0 radical (unpaired) electrons. The minimum absolute atomic E-state index is 0.0201. The van der Waals surface area contributed by atoms with Crippen molar-refractivity contribution in [1.29, 1.82) is 0 Å². The minimum atomic E-state index is -0.513. The highest BCUT2D eigenvalue weighted by Crippen LogP contribution is 2.16. The van der Waals surface area contributed by atoms with Crippen molar-refractivity contribution < 1.29 is 14.5 Å². The smallest absolute Gasteiger partial charge is 0.270 e. The predicted octanol–water partition coefficient (Wildman–Crippen LogP) is 3.45. The van der Waals surface area contributed by atoms with Gasteiger partial charge in [0.25, 0.3) is 17.5 Å². The van der Waals surface area contributed by atoms with Crippen molar-refractivity contribution in [1.82, 2.24) is 10.6 Å². The van der Waals surface area contributed by atoms with Crippen LogP contribution in [0, 0.1) is 23.0 Å². The van der Waals surface area contributed by atoms with E-state index in [-0.39, 0.29) is 17.3 Å². The summed E-state index contributed by atoms with van der Waals surface area (Å²) < 4.78 is 0. The molecule has 0 aromatic heterocycles. The average molecular weight is 381 g/mol. The van der Waals surface area contributed by atoms with Crippen LogP contribution in [-0.2, 0) is 4.79 Å². The Labute approximate surface area is 163 Å². The second kappa shape index (κ2) is 9.45. The standard InChI is InChI=1S/C21H23N3O4/c1-14(2)13-22-21(26)19(12-16-5-4-6-18(11-16)24(27)28)23-20(25)17-9-7-15(3)8-10-17/h4-12,14H,13H2,1-3H3,(H,22,26)(H,23,25). The number of carbonyl (C=O) groups is 2. The van der Waals surface area contributed by atoms with Gasteiger partial charge in [0.15, 0.2) is 0 Å². The van der Waals surface area contributed by atoms with Crippen LogP contribution in [0.3, 0.4) is 0 Å². The van der Waals surface area contributed by atoms with E-state index in [0.29, 0.717) is 17.7 Å². The Morgan fingerprint density at radius 3 is 2.43 bits per heavy atom. The van der Waals surface area contributed by atoms with Gasteiger partial charge in [0, 0.05) is 24.2 Å². The molecule has 0 heterocycles. The third-order valence-corrected chi connectivity index (χ3v) is 3.87. The maximum absolute atomic E-state index is 12.6. The first-order valence-electron chi connectivity index (χ1n) is 8.88. The van der Waals surface area contributed by atoms with E-state index in [9.17, 15) is 19.7 Å². The fraction of sp³-hybridized carbons (Fsp3) is 0.238. The molecule has 2 aromatic rings. The van der Waals surface area contributed by atoms with Gasteiger partial charge >= 0.3 is 0 Å². The summed E-state index contributed by atoms with van der Waals surface area (Å²) in [4.78, 5) is 35.6. The third-order valence-electron chi connectivity index (χ3n) is 3.87. The molecular formula is C21H23N3O4. The van der Waals surface area contributed by atoms with Crippen LogP contribution in [0.15, 0.2) is 54.2 Å². The molecule has 7 heteroatoms. The highest BCUT2D eigenvalue weighted by molar-refractivity contribution is 6.05. The average Bonchev–Trinajstić information content (AvgIpc) is 2.66. The lowest BCUT2D eigenvalue weighted by Gasteiger charge is -2.12. The molecule has 2 N–H and O–H groups in total. The number of aryl methyl sites for hydroxylation is 1. The molecule has 28 heavy (non-hydrogen) atoms. The van der Waals surface area contributed by atoms with Gasteiger partial charge in [0.05, 0.1) is 4.92 Å². The van der Waals surface area contributed by atoms with Crippen LogP contribution >= 0.6 is 0 Å². The lowest BCUT2D eigenvalue weighted by Crippen LogP contribution is -2.36. The monoisotopic (exact) mass is 381 g/mol. The van der Waals surface area contributed by atoms with E-state index in [1.165, 1.54) is 24.3 Å². The molecule has 0 unspecified atom stereocenters. The van der Waals surface area contributed by atoms with Gasteiger partial charge in [-0.1, -0.05) is 43.7 Å². The van der Waals surface area contributed by atoms with Crippen molar-refractivity contribution in [3.63, 3.8) is 0 Å². The zero-order chi connectivity index (χ0) is 20.7. The lowest BCUT2D eigenvalue weighted by atomic mass is 10.1. The number of hydrogen-bond acceptors (Lipinski definition) is 4. The van der Waals surface area contributed by atoms with E-state index in [4.69, 9.17) is 0 Å². The summed E-state index contributed by atoms with van der Waals surface area (Å²) in [7, 11) is 0. The van der Waals surface area contributed by atoms with E-state index >= 15 is 0 Å². The van der Waals surface area contributed by atoms with E-state index in [0.717, 1.165) is 5.56 Å². The topological polar surface area (TPSA) is 101 Å². The van der Waals surface area contributed by atoms with Gasteiger partial charge in [-0.05, 0) is 36.6 Å². The zero-order valence-corrected chi connectivity index (χ0v) is 16.1. The number of benzene rings is 2. The highest BCUT2D eigenvalue weighted by atomic mass is 16.6. The molecule has 0 bridgehead atoms. The number of hydrogen-bond donors (Lipinski definition) is 2. The highest BCUT2D eigenvalue weighted by Gasteiger charge is 2.15. The van der Waals surface area contributed by atoms with Crippen LogP contribution in [-0.4, -0.2) is 23.3 Å². The fourth-order valence-corrected chi connectivity index (χ4v) is 2.34. The number of non-ortho nitro benzene ring substituents is 1.